The van der Waals surface area contributed by atoms with Crippen molar-refractivity contribution in [3.63, 3.8) is 0 Å². The van der Waals surface area contributed by atoms with Gasteiger partial charge in [-0.3, -0.25) is 4.90 Å². The number of hydrogen-bond donors (Lipinski definition) is 0. The third kappa shape index (κ3) is 4.73. The molecule has 0 unspecified atom stereocenters. The summed E-state index contributed by atoms with van der Waals surface area (Å²) in [4.78, 5) is 19.0. The third-order valence-corrected chi connectivity index (χ3v) is 6.90. The Balaban J connectivity index is 1.65. The number of halogens is 3. The van der Waals surface area contributed by atoms with Crippen molar-refractivity contribution < 1.29 is 22.7 Å². The molecule has 3 aromatic rings. The summed E-state index contributed by atoms with van der Waals surface area (Å²) in [5, 5.41) is 2.80. The second-order valence-corrected chi connectivity index (χ2v) is 9.64. The quantitative estimate of drug-likeness (QED) is 0.374. The SMILES string of the molecule is C=C(C)c1nc(-c2ccc(C)cc2CN2C(=O)O[C@H](c3cc(C)cc(C(F)(F)F)c3)[C@@H]2C)cs1. The predicted octanol–water partition coefficient (Wildman–Crippen LogP) is 7.56. The summed E-state index contributed by atoms with van der Waals surface area (Å²) in [6, 6.07) is 9.30. The lowest BCUT2D eigenvalue weighted by molar-refractivity contribution is -0.137. The number of rotatable bonds is 5. The number of nitrogens with zero attached hydrogens (tertiary/aromatic N) is 2. The summed E-state index contributed by atoms with van der Waals surface area (Å²) in [6.07, 6.45) is -5.82. The molecule has 1 amide bonds. The van der Waals surface area contributed by atoms with Gasteiger partial charge in [0.15, 0.2) is 0 Å². The number of benzene rings is 2. The minimum Gasteiger partial charge on any atom is -0.439 e. The molecule has 0 saturated carbocycles. The maximum atomic E-state index is 13.3. The van der Waals surface area contributed by atoms with Crippen LogP contribution in [0.25, 0.3) is 16.8 Å². The minimum atomic E-state index is -4.47. The average Bonchev–Trinajstić information content (AvgIpc) is 3.34. The number of hydrogen-bond acceptors (Lipinski definition) is 4. The Labute approximate surface area is 200 Å². The fourth-order valence-electron chi connectivity index (χ4n) is 4.18. The van der Waals surface area contributed by atoms with Gasteiger partial charge in [-0.25, -0.2) is 9.78 Å². The molecule has 34 heavy (non-hydrogen) atoms. The van der Waals surface area contributed by atoms with Crippen molar-refractivity contribution in [1.29, 1.82) is 0 Å². The number of amides is 1. The van der Waals surface area contributed by atoms with E-state index in [1.165, 1.54) is 11.3 Å². The van der Waals surface area contributed by atoms with Crippen LogP contribution in [0.1, 0.15) is 52.8 Å². The van der Waals surface area contributed by atoms with Gasteiger partial charge in [-0.2, -0.15) is 13.2 Å². The molecule has 4 nitrogen and oxygen atoms in total. The summed E-state index contributed by atoms with van der Waals surface area (Å²) in [5.74, 6) is 0. The van der Waals surface area contributed by atoms with Crippen molar-refractivity contribution in [1.82, 2.24) is 9.88 Å². The zero-order chi connectivity index (χ0) is 24.8. The van der Waals surface area contributed by atoms with Crippen molar-refractivity contribution >= 4 is 23.0 Å². The molecular weight excluding hydrogens is 461 g/mol. The Kier molecular flexibility index (Phi) is 6.29. The standard InChI is InChI=1S/C26H25F3N2O2S/c1-14(2)24-30-22(13-34-24)21-7-6-15(3)8-19(21)12-31-17(5)23(33-25(31)32)18-9-16(4)10-20(11-18)26(27,28)29/h6-11,13,17,23H,1,12H2,2-5H3/t17-,23-/m0/s1. The maximum Gasteiger partial charge on any atom is 0.416 e. The van der Waals surface area contributed by atoms with E-state index in [4.69, 9.17) is 4.74 Å². The van der Waals surface area contributed by atoms with Gasteiger partial charge >= 0.3 is 12.3 Å². The van der Waals surface area contributed by atoms with E-state index in [1.807, 2.05) is 37.4 Å². The first kappa shape index (κ1) is 24.0. The van der Waals surface area contributed by atoms with Crippen LogP contribution in [0.15, 0.2) is 48.4 Å². The van der Waals surface area contributed by atoms with Gasteiger partial charge < -0.3 is 4.74 Å². The number of alkyl halides is 3. The lowest BCUT2D eigenvalue weighted by Crippen LogP contribution is -2.31. The first-order chi connectivity index (χ1) is 15.9. The highest BCUT2D eigenvalue weighted by Crippen LogP contribution is 2.38. The molecule has 1 saturated heterocycles. The molecule has 2 aromatic carbocycles. The Hall–Kier alpha value is -3.13. The summed E-state index contributed by atoms with van der Waals surface area (Å²) < 4.78 is 45.6. The topological polar surface area (TPSA) is 42.4 Å². The van der Waals surface area contributed by atoms with Gasteiger partial charge in [0.1, 0.15) is 11.1 Å². The van der Waals surface area contributed by atoms with Gasteiger partial charge in [0.05, 0.1) is 23.8 Å². The fourth-order valence-corrected chi connectivity index (χ4v) is 4.94. The number of aromatic nitrogens is 1. The largest absolute Gasteiger partial charge is 0.439 e. The zero-order valence-corrected chi connectivity index (χ0v) is 20.2. The molecule has 0 spiro atoms. The molecule has 2 heterocycles. The van der Waals surface area contributed by atoms with Crippen LogP contribution in [0.3, 0.4) is 0 Å². The molecule has 8 heteroatoms. The summed E-state index contributed by atoms with van der Waals surface area (Å²) in [6.45, 7) is 11.5. The third-order valence-electron chi connectivity index (χ3n) is 5.89. The Bertz CT molecular complexity index is 1270. The molecule has 0 aliphatic carbocycles. The summed E-state index contributed by atoms with van der Waals surface area (Å²) in [5.41, 5.74) is 4.54. The van der Waals surface area contributed by atoms with E-state index in [0.29, 0.717) is 11.1 Å². The van der Waals surface area contributed by atoms with Gasteiger partial charge in [0.2, 0.25) is 0 Å². The second kappa shape index (κ2) is 8.91. The molecule has 2 atom stereocenters. The Morgan fingerprint density at radius 2 is 1.91 bits per heavy atom. The molecule has 1 aliphatic heterocycles. The van der Waals surface area contributed by atoms with Crippen LogP contribution in [-0.2, 0) is 17.5 Å². The van der Waals surface area contributed by atoms with E-state index >= 15 is 0 Å². The number of allylic oxidation sites excluding steroid dienone is 1. The van der Waals surface area contributed by atoms with Gasteiger partial charge in [0.25, 0.3) is 0 Å². The number of ether oxygens (including phenoxy) is 1. The normalized spacial score (nSPS) is 18.3. The van der Waals surface area contributed by atoms with E-state index in [1.54, 1.807) is 24.8 Å². The number of aryl methyl sites for hydroxylation is 2. The first-order valence-electron chi connectivity index (χ1n) is 10.8. The number of carbonyl (C=O) groups is 1. The highest BCUT2D eigenvalue weighted by atomic mass is 32.1. The molecule has 1 fully saturated rings. The molecule has 1 aromatic heterocycles. The summed E-state index contributed by atoms with van der Waals surface area (Å²) in [7, 11) is 0. The van der Waals surface area contributed by atoms with Crippen LogP contribution in [0, 0.1) is 13.8 Å². The van der Waals surface area contributed by atoms with Crippen molar-refractivity contribution in [3.05, 3.63) is 81.2 Å². The lowest BCUT2D eigenvalue weighted by atomic mass is 9.97. The lowest BCUT2D eigenvalue weighted by Gasteiger charge is -2.23. The molecule has 4 rings (SSSR count). The van der Waals surface area contributed by atoms with Crippen LogP contribution in [0.5, 0.6) is 0 Å². The maximum absolute atomic E-state index is 13.3. The van der Waals surface area contributed by atoms with E-state index in [0.717, 1.165) is 45.1 Å². The van der Waals surface area contributed by atoms with Gasteiger partial charge in [-0.15, -0.1) is 11.3 Å². The van der Waals surface area contributed by atoms with Crippen LogP contribution in [-0.4, -0.2) is 22.0 Å². The Morgan fingerprint density at radius 1 is 1.18 bits per heavy atom. The molecule has 0 radical (unpaired) electrons. The number of carbonyl (C=O) groups excluding carboxylic acids is 1. The van der Waals surface area contributed by atoms with Crippen molar-refractivity contribution in [2.75, 3.05) is 0 Å². The van der Waals surface area contributed by atoms with Gasteiger partial charge in [-0.1, -0.05) is 42.0 Å². The zero-order valence-electron chi connectivity index (χ0n) is 19.4. The number of thiazole rings is 1. The van der Waals surface area contributed by atoms with E-state index in [9.17, 15) is 18.0 Å². The van der Waals surface area contributed by atoms with Crippen LogP contribution in [0.2, 0.25) is 0 Å². The molecule has 0 N–H and O–H groups in total. The first-order valence-corrected chi connectivity index (χ1v) is 11.7. The van der Waals surface area contributed by atoms with Gasteiger partial charge in [-0.05, 0) is 56.5 Å². The van der Waals surface area contributed by atoms with Crippen molar-refractivity contribution in [3.8, 4) is 11.3 Å². The van der Waals surface area contributed by atoms with Crippen LogP contribution < -0.4 is 0 Å². The minimum absolute atomic E-state index is 0.255. The van der Waals surface area contributed by atoms with E-state index < -0.39 is 30.0 Å². The van der Waals surface area contributed by atoms with E-state index in [-0.39, 0.29) is 6.54 Å². The number of cyclic esters (lactones) is 1. The second-order valence-electron chi connectivity index (χ2n) is 8.78. The van der Waals surface area contributed by atoms with Crippen LogP contribution >= 0.6 is 11.3 Å². The highest BCUT2D eigenvalue weighted by Gasteiger charge is 2.41. The fraction of sp³-hybridized carbons (Fsp3) is 0.308. The van der Waals surface area contributed by atoms with Gasteiger partial charge in [0, 0.05) is 10.9 Å². The monoisotopic (exact) mass is 486 g/mol. The highest BCUT2D eigenvalue weighted by molar-refractivity contribution is 7.11. The average molecular weight is 487 g/mol. The molecular formula is C26H25F3N2O2S. The summed E-state index contributed by atoms with van der Waals surface area (Å²) >= 11 is 1.50. The Morgan fingerprint density at radius 3 is 2.56 bits per heavy atom. The molecule has 178 valence electrons. The smallest absolute Gasteiger partial charge is 0.416 e. The molecule has 1 aliphatic rings. The van der Waals surface area contributed by atoms with E-state index in [2.05, 4.69) is 11.6 Å². The van der Waals surface area contributed by atoms with Crippen LogP contribution in [0.4, 0.5) is 18.0 Å². The van der Waals surface area contributed by atoms with Crippen molar-refractivity contribution in [2.45, 2.75) is 52.6 Å². The predicted molar refractivity (Wildman–Crippen MR) is 127 cm³/mol. The van der Waals surface area contributed by atoms with Crippen molar-refractivity contribution in [2.24, 2.45) is 0 Å². The molecule has 0 bridgehead atoms.